The van der Waals surface area contributed by atoms with Crippen LogP contribution in [0.4, 0.5) is 0 Å². The fourth-order valence-electron chi connectivity index (χ4n) is 4.53. The number of aliphatic hydroxyl groups is 1. The summed E-state index contributed by atoms with van der Waals surface area (Å²) in [6.45, 7) is 2.15. The Hall–Kier alpha value is -1.20. The third-order valence-electron chi connectivity index (χ3n) is 5.74. The minimum atomic E-state index is -0.558. The molecule has 0 aromatic carbocycles. The lowest BCUT2D eigenvalue weighted by Gasteiger charge is -2.59. The molecule has 4 fully saturated rings. The Kier molecular flexibility index (Phi) is 3.03. The van der Waals surface area contributed by atoms with Gasteiger partial charge in [-0.25, -0.2) is 0 Å². The Labute approximate surface area is 118 Å². The first-order valence-electron chi connectivity index (χ1n) is 7.19. The molecular formula is C15H21NO4. The normalized spacial score (nSPS) is 42.2. The number of hydrogen-bond donors (Lipinski definition) is 2. The van der Waals surface area contributed by atoms with E-state index in [9.17, 15) is 14.7 Å². The van der Waals surface area contributed by atoms with Crippen molar-refractivity contribution in [3.8, 4) is 0 Å². The van der Waals surface area contributed by atoms with Crippen LogP contribution in [0.5, 0.6) is 0 Å². The molecule has 0 aromatic rings. The van der Waals surface area contributed by atoms with E-state index < -0.39 is 11.5 Å². The molecule has 0 aromatic heterocycles. The number of fused-ring (bicyclic) bond motifs is 1. The standard InChI is InChI=1S/C15H21NO4/c1-9(13(16)19)4-11(18)6-14-8-20-15(7-17)3-2-10(14)5-12(14)15/h4,10,12,17H,2-3,5-8H2,1H3,(H2,16,19)/b9-4+/t10-,12+,14-,15-/m0/s1. The van der Waals surface area contributed by atoms with Gasteiger partial charge in [-0.05, 0) is 44.1 Å². The number of ketones is 1. The van der Waals surface area contributed by atoms with Gasteiger partial charge in [-0.1, -0.05) is 0 Å². The van der Waals surface area contributed by atoms with Crippen molar-refractivity contribution in [1.82, 2.24) is 0 Å². The predicted octanol–water partition coefficient (Wildman–Crippen LogP) is 0.555. The average molecular weight is 279 g/mol. The van der Waals surface area contributed by atoms with Crippen molar-refractivity contribution in [3.63, 3.8) is 0 Å². The number of amides is 1. The van der Waals surface area contributed by atoms with E-state index in [-0.39, 0.29) is 23.7 Å². The van der Waals surface area contributed by atoms with E-state index >= 15 is 0 Å². The van der Waals surface area contributed by atoms with Gasteiger partial charge < -0.3 is 15.6 Å². The lowest BCUT2D eigenvalue weighted by molar-refractivity contribution is -0.147. The average Bonchev–Trinajstić information content (AvgIpc) is 2.57. The van der Waals surface area contributed by atoms with Gasteiger partial charge in [0.2, 0.25) is 5.91 Å². The van der Waals surface area contributed by atoms with Crippen molar-refractivity contribution in [2.45, 2.75) is 38.2 Å². The fraction of sp³-hybridized carbons (Fsp3) is 0.733. The molecule has 0 radical (unpaired) electrons. The maximum Gasteiger partial charge on any atom is 0.244 e. The van der Waals surface area contributed by atoms with Gasteiger partial charge >= 0.3 is 0 Å². The maximum absolute atomic E-state index is 12.2. The van der Waals surface area contributed by atoms with Crippen molar-refractivity contribution in [2.24, 2.45) is 23.0 Å². The monoisotopic (exact) mass is 279 g/mol. The lowest BCUT2D eigenvalue weighted by atomic mass is 9.43. The molecule has 0 spiro atoms. The number of ether oxygens (including phenoxy) is 1. The van der Waals surface area contributed by atoms with Crippen LogP contribution in [0.25, 0.3) is 0 Å². The molecule has 0 unspecified atom stereocenters. The van der Waals surface area contributed by atoms with Crippen molar-refractivity contribution in [3.05, 3.63) is 11.6 Å². The van der Waals surface area contributed by atoms with E-state index in [1.165, 1.54) is 6.08 Å². The predicted molar refractivity (Wildman–Crippen MR) is 71.6 cm³/mol. The number of carbonyl (C=O) groups is 2. The first kappa shape index (κ1) is 13.8. The molecule has 5 nitrogen and oxygen atoms in total. The Morgan fingerprint density at radius 2 is 2.25 bits per heavy atom. The van der Waals surface area contributed by atoms with Gasteiger partial charge in [-0.3, -0.25) is 9.59 Å². The molecule has 4 atom stereocenters. The summed E-state index contributed by atoms with van der Waals surface area (Å²) in [6.07, 6.45) is 4.71. The van der Waals surface area contributed by atoms with Gasteiger partial charge in [0.15, 0.2) is 5.78 Å². The van der Waals surface area contributed by atoms with Gasteiger partial charge in [-0.2, -0.15) is 0 Å². The van der Waals surface area contributed by atoms with Crippen LogP contribution in [0.2, 0.25) is 0 Å². The summed E-state index contributed by atoms with van der Waals surface area (Å²) in [7, 11) is 0. The van der Waals surface area contributed by atoms with Crippen LogP contribution in [0.3, 0.4) is 0 Å². The zero-order valence-corrected chi connectivity index (χ0v) is 11.7. The number of primary amides is 1. The molecular weight excluding hydrogens is 258 g/mol. The van der Waals surface area contributed by atoms with E-state index in [1.807, 2.05) is 0 Å². The molecule has 4 rings (SSSR count). The summed E-state index contributed by atoms with van der Waals surface area (Å²) in [6, 6.07) is 0. The molecule has 110 valence electrons. The van der Waals surface area contributed by atoms with Gasteiger partial charge in [0, 0.05) is 17.4 Å². The molecule has 20 heavy (non-hydrogen) atoms. The lowest BCUT2D eigenvalue weighted by Crippen LogP contribution is -2.60. The topological polar surface area (TPSA) is 89.6 Å². The van der Waals surface area contributed by atoms with E-state index in [4.69, 9.17) is 10.5 Å². The highest BCUT2D eigenvalue weighted by Gasteiger charge is 2.70. The Morgan fingerprint density at radius 1 is 1.50 bits per heavy atom. The van der Waals surface area contributed by atoms with Crippen LogP contribution in [0.1, 0.15) is 32.6 Å². The summed E-state index contributed by atoms with van der Waals surface area (Å²) in [5.41, 5.74) is 4.91. The Bertz CT molecular complexity index is 498. The smallest absolute Gasteiger partial charge is 0.244 e. The van der Waals surface area contributed by atoms with E-state index in [0.29, 0.717) is 24.5 Å². The van der Waals surface area contributed by atoms with Crippen LogP contribution >= 0.6 is 0 Å². The second-order valence-electron chi connectivity index (χ2n) is 6.60. The molecule has 5 heteroatoms. The minimum absolute atomic E-state index is 0.0382. The highest BCUT2D eigenvalue weighted by atomic mass is 16.5. The second kappa shape index (κ2) is 4.40. The third kappa shape index (κ3) is 1.69. The van der Waals surface area contributed by atoms with Crippen molar-refractivity contribution in [1.29, 1.82) is 0 Å². The van der Waals surface area contributed by atoms with Crippen LogP contribution in [-0.2, 0) is 14.3 Å². The minimum Gasteiger partial charge on any atom is -0.393 e. The largest absolute Gasteiger partial charge is 0.393 e. The molecule has 1 saturated heterocycles. The molecule has 3 saturated carbocycles. The fourth-order valence-corrected chi connectivity index (χ4v) is 4.53. The van der Waals surface area contributed by atoms with Crippen molar-refractivity contribution in [2.75, 3.05) is 13.2 Å². The zero-order chi connectivity index (χ0) is 14.5. The summed E-state index contributed by atoms with van der Waals surface area (Å²) >= 11 is 0. The van der Waals surface area contributed by atoms with Gasteiger partial charge in [0.25, 0.3) is 0 Å². The molecule has 1 amide bonds. The van der Waals surface area contributed by atoms with E-state index in [2.05, 4.69) is 0 Å². The SMILES string of the molecule is C/C(=C\C(=O)C[C@]12CO[C@]3(CO)CC[C@H]1C[C@@H]32)C(N)=O. The zero-order valence-electron chi connectivity index (χ0n) is 11.7. The summed E-state index contributed by atoms with van der Waals surface area (Å²) in [5.74, 6) is 0.179. The Balaban J connectivity index is 1.77. The maximum atomic E-state index is 12.2. The number of carbonyl (C=O) groups excluding carboxylic acids is 2. The quantitative estimate of drug-likeness (QED) is 0.719. The van der Waals surface area contributed by atoms with Crippen LogP contribution in [0, 0.1) is 17.3 Å². The van der Waals surface area contributed by atoms with Gasteiger partial charge in [0.1, 0.15) is 0 Å². The van der Waals surface area contributed by atoms with E-state index in [1.54, 1.807) is 6.92 Å². The third-order valence-corrected chi connectivity index (χ3v) is 5.74. The summed E-state index contributed by atoms with van der Waals surface area (Å²) < 4.78 is 5.91. The number of allylic oxidation sites excluding steroid dienone is 1. The molecule has 1 aliphatic heterocycles. The van der Waals surface area contributed by atoms with Crippen molar-refractivity contribution >= 4 is 11.7 Å². The summed E-state index contributed by atoms with van der Waals surface area (Å²) in [5, 5.41) is 9.65. The molecule has 4 bridgehead atoms. The van der Waals surface area contributed by atoms with Crippen molar-refractivity contribution < 1.29 is 19.4 Å². The second-order valence-corrected chi connectivity index (χ2v) is 6.60. The van der Waals surface area contributed by atoms with Gasteiger partial charge in [0.05, 0.1) is 18.8 Å². The van der Waals surface area contributed by atoms with Crippen LogP contribution < -0.4 is 5.73 Å². The van der Waals surface area contributed by atoms with E-state index in [0.717, 1.165) is 19.3 Å². The molecule has 3 aliphatic carbocycles. The molecule has 3 N–H and O–H groups in total. The highest BCUT2D eigenvalue weighted by molar-refractivity contribution is 6.00. The van der Waals surface area contributed by atoms with Gasteiger partial charge in [-0.15, -0.1) is 0 Å². The number of nitrogens with two attached hydrogens (primary N) is 1. The van der Waals surface area contributed by atoms with Crippen LogP contribution in [0.15, 0.2) is 11.6 Å². The highest BCUT2D eigenvalue weighted by Crippen LogP contribution is 2.69. The molecule has 1 heterocycles. The first-order valence-corrected chi connectivity index (χ1v) is 7.19. The Morgan fingerprint density at radius 3 is 2.85 bits per heavy atom. The number of rotatable bonds is 5. The van der Waals surface area contributed by atoms with Crippen LogP contribution in [-0.4, -0.2) is 35.6 Å². The number of aliphatic hydroxyl groups excluding tert-OH is 1. The first-order chi connectivity index (χ1) is 9.43. The summed E-state index contributed by atoms with van der Waals surface area (Å²) in [4.78, 5) is 23.2. The number of hydrogen-bond acceptors (Lipinski definition) is 4. The molecule has 4 aliphatic rings.